The zero-order valence-corrected chi connectivity index (χ0v) is 9.30. The molecule has 0 bridgehead atoms. The van der Waals surface area contributed by atoms with Gasteiger partial charge in [0.2, 0.25) is 0 Å². The third-order valence-corrected chi connectivity index (χ3v) is 2.26. The second-order valence-electron chi connectivity index (χ2n) is 3.44. The average molecular weight is 231 g/mol. The lowest BCUT2D eigenvalue weighted by Crippen LogP contribution is -2.23. The van der Waals surface area contributed by atoms with E-state index >= 15 is 0 Å². The number of alkyl carbamates (subject to hydrolysis) is 1. The van der Waals surface area contributed by atoms with Crippen molar-refractivity contribution in [2.24, 2.45) is 0 Å². The molecule has 2 heterocycles. The van der Waals surface area contributed by atoms with E-state index in [1.807, 2.05) is 24.4 Å². The molecule has 17 heavy (non-hydrogen) atoms. The van der Waals surface area contributed by atoms with E-state index in [1.165, 1.54) is 6.08 Å². The average Bonchev–Trinajstić information content (AvgIpc) is 2.77. The van der Waals surface area contributed by atoms with Gasteiger partial charge in [-0.25, -0.2) is 9.31 Å². The van der Waals surface area contributed by atoms with Gasteiger partial charge in [0.1, 0.15) is 6.61 Å². The van der Waals surface area contributed by atoms with Crippen LogP contribution in [-0.2, 0) is 11.3 Å². The predicted octanol–water partition coefficient (Wildman–Crippen LogP) is 1.75. The Morgan fingerprint density at radius 1 is 1.59 bits per heavy atom. The summed E-state index contributed by atoms with van der Waals surface area (Å²) in [6.07, 6.45) is 4.65. The fourth-order valence-electron chi connectivity index (χ4n) is 1.48. The fraction of sp³-hybridized carbons (Fsp3) is 0.167. The maximum absolute atomic E-state index is 11.2. The first kappa shape index (κ1) is 11.2. The molecule has 88 valence electrons. The number of carbonyl (C=O) groups is 1. The zero-order chi connectivity index (χ0) is 12.1. The van der Waals surface area contributed by atoms with Gasteiger partial charge in [-0.3, -0.25) is 0 Å². The Morgan fingerprint density at radius 3 is 3.29 bits per heavy atom. The van der Waals surface area contributed by atoms with Crippen molar-refractivity contribution in [2.75, 3.05) is 6.61 Å². The summed E-state index contributed by atoms with van der Waals surface area (Å²) in [7, 11) is 0. The van der Waals surface area contributed by atoms with Crippen molar-refractivity contribution >= 4 is 11.6 Å². The largest absolute Gasteiger partial charge is 0.445 e. The Hall–Kier alpha value is -2.30. The summed E-state index contributed by atoms with van der Waals surface area (Å²) >= 11 is 0. The van der Waals surface area contributed by atoms with Gasteiger partial charge >= 0.3 is 6.09 Å². The lowest BCUT2D eigenvalue weighted by atomic mass is 10.2. The highest BCUT2D eigenvalue weighted by Gasteiger charge is 2.05. The summed E-state index contributed by atoms with van der Waals surface area (Å²) in [4.78, 5) is 11.2. The minimum atomic E-state index is -0.458. The third kappa shape index (κ3) is 2.63. The second-order valence-corrected chi connectivity index (χ2v) is 3.44. The quantitative estimate of drug-likeness (QED) is 0.815. The molecular weight excluding hydrogens is 218 g/mol. The molecule has 1 N–H and O–H groups in total. The summed E-state index contributed by atoms with van der Waals surface area (Å²) in [5, 5.41) is 6.82. The smallest absolute Gasteiger partial charge is 0.407 e. The summed E-state index contributed by atoms with van der Waals surface area (Å²) in [6.45, 7) is 4.07. The van der Waals surface area contributed by atoms with E-state index in [9.17, 15) is 4.79 Å². The van der Waals surface area contributed by atoms with Crippen LogP contribution in [-0.4, -0.2) is 22.3 Å². The standard InChI is InChI=1S/C12H13N3O2/c1-2-7-17-12(16)13-8-10-9-14-15-6-4-3-5-11(10)15/h2-6,9H,1,7-8H2,(H,13,16). The van der Waals surface area contributed by atoms with Crippen LogP contribution in [0.5, 0.6) is 0 Å². The molecule has 0 saturated carbocycles. The van der Waals surface area contributed by atoms with Gasteiger partial charge in [0.15, 0.2) is 0 Å². The number of nitrogens with one attached hydrogen (secondary N) is 1. The van der Waals surface area contributed by atoms with Crippen LogP contribution in [0, 0.1) is 0 Å². The van der Waals surface area contributed by atoms with Crippen molar-refractivity contribution < 1.29 is 9.53 Å². The van der Waals surface area contributed by atoms with Gasteiger partial charge < -0.3 is 10.1 Å². The number of hydrogen-bond acceptors (Lipinski definition) is 3. The lowest BCUT2D eigenvalue weighted by Gasteiger charge is -2.03. The van der Waals surface area contributed by atoms with Crippen molar-refractivity contribution in [1.82, 2.24) is 14.9 Å². The summed E-state index contributed by atoms with van der Waals surface area (Å²) < 4.78 is 6.56. The Labute approximate surface area is 98.7 Å². The second kappa shape index (κ2) is 5.16. The van der Waals surface area contributed by atoms with Crippen LogP contribution in [0.2, 0.25) is 0 Å². The van der Waals surface area contributed by atoms with Crippen LogP contribution < -0.4 is 5.32 Å². The first-order chi connectivity index (χ1) is 8.31. The Bertz CT molecular complexity index is 533. The van der Waals surface area contributed by atoms with Crippen LogP contribution in [0.3, 0.4) is 0 Å². The van der Waals surface area contributed by atoms with Gasteiger partial charge in [0.05, 0.1) is 11.7 Å². The Balaban J connectivity index is 1.99. The Kier molecular flexibility index (Phi) is 3.40. The summed E-state index contributed by atoms with van der Waals surface area (Å²) in [6, 6.07) is 5.77. The maximum Gasteiger partial charge on any atom is 0.407 e. The number of fused-ring (bicyclic) bond motifs is 1. The SMILES string of the molecule is C=CCOC(=O)NCc1cnn2ccccc12. The number of ether oxygens (including phenoxy) is 1. The molecule has 0 saturated heterocycles. The normalized spacial score (nSPS) is 10.1. The van der Waals surface area contributed by atoms with Crippen molar-refractivity contribution in [1.29, 1.82) is 0 Å². The van der Waals surface area contributed by atoms with E-state index in [1.54, 1.807) is 10.7 Å². The molecule has 5 heteroatoms. The van der Waals surface area contributed by atoms with Gasteiger partial charge in [0, 0.05) is 18.3 Å². The highest BCUT2D eigenvalue weighted by Crippen LogP contribution is 2.09. The molecule has 0 spiro atoms. The van der Waals surface area contributed by atoms with Gasteiger partial charge in [-0.2, -0.15) is 5.10 Å². The fourth-order valence-corrected chi connectivity index (χ4v) is 1.48. The van der Waals surface area contributed by atoms with E-state index in [4.69, 9.17) is 4.74 Å². The van der Waals surface area contributed by atoms with Crippen molar-refractivity contribution in [2.45, 2.75) is 6.54 Å². The predicted molar refractivity (Wildman–Crippen MR) is 63.6 cm³/mol. The summed E-state index contributed by atoms with van der Waals surface area (Å²) in [5.41, 5.74) is 1.91. The molecule has 0 atom stereocenters. The topological polar surface area (TPSA) is 55.6 Å². The van der Waals surface area contributed by atoms with Gasteiger partial charge in [-0.1, -0.05) is 18.7 Å². The minimum absolute atomic E-state index is 0.209. The molecule has 0 radical (unpaired) electrons. The van der Waals surface area contributed by atoms with Crippen molar-refractivity contribution in [3.05, 3.63) is 48.8 Å². The van der Waals surface area contributed by atoms with Crippen molar-refractivity contribution in [3.63, 3.8) is 0 Å². The number of hydrogen-bond donors (Lipinski definition) is 1. The number of amides is 1. The maximum atomic E-state index is 11.2. The number of aromatic nitrogens is 2. The molecule has 2 aromatic rings. The number of rotatable bonds is 4. The zero-order valence-electron chi connectivity index (χ0n) is 9.30. The molecule has 0 aliphatic heterocycles. The number of carbonyl (C=O) groups excluding carboxylic acids is 1. The van der Waals surface area contributed by atoms with Crippen LogP contribution >= 0.6 is 0 Å². The van der Waals surface area contributed by atoms with Crippen molar-refractivity contribution in [3.8, 4) is 0 Å². The summed E-state index contributed by atoms with van der Waals surface area (Å²) in [5.74, 6) is 0. The van der Waals surface area contributed by atoms with E-state index in [2.05, 4.69) is 17.0 Å². The van der Waals surface area contributed by atoms with Crippen LogP contribution in [0.1, 0.15) is 5.56 Å². The Morgan fingerprint density at radius 2 is 2.47 bits per heavy atom. The van der Waals surface area contributed by atoms with E-state index in [0.29, 0.717) is 6.54 Å². The minimum Gasteiger partial charge on any atom is -0.445 e. The molecule has 2 aromatic heterocycles. The molecule has 0 aromatic carbocycles. The monoisotopic (exact) mass is 231 g/mol. The highest BCUT2D eigenvalue weighted by molar-refractivity contribution is 5.68. The number of nitrogens with zero attached hydrogens (tertiary/aromatic N) is 2. The molecule has 0 aliphatic rings. The van der Waals surface area contributed by atoms with Crippen LogP contribution in [0.25, 0.3) is 5.52 Å². The third-order valence-electron chi connectivity index (χ3n) is 2.26. The first-order valence-corrected chi connectivity index (χ1v) is 5.24. The van der Waals surface area contributed by atoms with Gasteiger partial charge in [-0.15, -0.1) is 0 Å². The molecule has 1 amide bonds. The van der Waals surface area contributed by atoms with Gasteiger partial charge in [-0.05, 0) is 12.1 Å². The first-order valence-electron chi connectivity index (χ1n) is 5.24. The van der Waals surface area contributed by atoms with E-state index < -0.39 is 6.09 Å². The van der Waals surface area contributed by atoms with E-state index in [0.717, 1.165) is 11.1 Å². The van der Waals surface area contributed by atoms with Gasteiger partial charge in [0.25, 0.3) is 0 Å². The highest BCUT2D eigenvalue weighted by atomic mass is 16.5. The van der Waals surface area contributed by atoms with E-state index in [-0.39, 0.29) is 6.61 Å². The molecule has 5 nitrogen and oxygen atoms in total. The number of pyridine rings is 1. The molecule has 0 aliphatic carbocycles. The lowest BCUT2D eigenvalue weighted by molar-refractivity contribution is 0.158. The van der Waals surface area contributed by atoms with Crippen LogP contribution in [0.15, 0.2) is 43.2 Å². The van der Waals surface area contributed by atoms with Crippen LogP contribution in [0.4, 0.5) is 4.79 Å². The molecule has 0 unspecified atom stereocenters. The molecule has 2 rings (SSSR count). The molecular formula is C12H13N3O2. The molecule has 0 fully saturated rings.